The molecule has 0 aliphatic heterocycles. The van der Waals surface area contributed by atoms with Crippen molar-refractivity contribution in [3.05, 3.63) is 0 Å². The molecular formula is C13H28N4O2. The van der Waals surface area contributed by atoms with Crippen LogP contribution in [0.5, 0.6) is 0 Å². The molecule has 0 spiro atoms. The van der Waals surface area contributed by atoms with Crippen molar-refractivity contribution >= 4 is 11.8 Å². The number of hydrogen-bond acceptors (Lipinski definition) is 4. The van der Waals surface area contributed by atoms with Crippen LogP contribution in [0.2, 0.25) is 0 Å². The highest BCUT2D eigenvalue weighted by Gasteiger charge is 2.37. The third-order valence-electron chi connectivity index (χ3n) is 3.41. The van der Waals surface area contributed by atoms with Gasteiger partial charge in [0.2, 0.25) is 11.8 Å². The molecule has 1 atom stereocenters. The van der Waals surface area contributed by atoms with Crippen molar-refractivity contribution in [2.45, 2.75) is 33.6 Å². The molecular weight excluding hydrogens is 244 g/mol. The van der Waals surface area contributed by atoms with Crippen LogP contribution in [-0.2, 0) is 9.59 Å². The lowest BCUT2D eigenvalue weighted by atomic mass is 9.78. The molecule has 0 aromatic heterocycles. The summed E-state index contributed by atoms with van der Waals surface area (Å²) in [7, 11) is 0. The maximum atomic E-state index is 12.1. The molecule has 0 fully saturated rings. The Balaban J connectivity index is 4.35. The van der Waals surface area contributed by atoms with Crippen LogP contribution in [0.3, 0.4) is 0 Å². The summed E-state index contributed by atoms with van der Waals surface area (Å²) in [6.07, 6.45) is 1.47. The number of nitrogens with two attached hydrogens (primary N) is 2. The van der Waals surface area contributed by atoms with Crippen molar-refractivity contribution in [2.75, 3.05) is 26.2 Å². The first-order valence-electron chi connectivity index (χ1n) is 6.84. The molecule has 0 aromatic rings. The summed E-state index contributed by atoms with van der Waals surface area (Å²) in [4.78, 5) is 24.0. The van der Waals surface area contributed by atoms with E-state index >= 15 is 0 Å². The third kappa shape index (κ3) is 6.02. The first-order chi connectivity index (χ1) is 8.87. The maximum absolute atomic E-state index is 12.1. The van der Waals surface area contributed by atoms with Crippen LogP contribution in [0, 0.1) is 11.3 Å². The van der Waals surface area contributed by atoms with Crippen LogP contribution < -0.4 is 22.1 Å². The fourth-order valence-corrected chi connectivity index (χ4v) is 1.52. The number of carbonyl (C=O) groups excluding carboxylic acids is 2. The Morgan fingerprint density at radius 1 is 1.05 bits per heavy atom. The lowest BCUT2D eigenvalue weighted by Gasteiger charge is -2.29. The van der Waals surface area contributed by atoms with E-state index < -0.39 is 11.3 Å². The molecule has 2 amide bonds. The van der Waals surface area contributed by atoms with Crippen LogP contribution in [0.4, 0.5) is 0 Å². The van der Waals surface area contributed by atoms with Gasteiger partial charge < -0.3 is 22.1 Å². The Labute approximate surface area is 115 Å². The summed E-state index contributed by atoms with van der Waals surface area (Å²) >= 11 is 0. The fraction of sp³-hybridized carbons (Fsp3) is 0.846. The van der Waals surface area contributed by atoms with E-state index in [0.717, 1.165) is 12.8 Å². The van der Waals surface area contributed by atoms with E-state index in [1.54, 1.807) is 20.8 Å². The van der Waals surface area contributed by atoms with Gasteiger partial charge in [0.15, 0.2) is 0 Å². The van der Waals surface area contributed by atoms with Gasteiger partial charge in [-0.05, 0) is 25.9 Å². The molecule has 0 radical (unpaired) electrons. The predicted molar refractivity (Wildman–Crippen MR) is 76.3 cm³/mol. The van der Waals surface area contributed by atoms with Gasteiger partial charge >= 0.3 is 0 Å². The predicted octanol–water partition coefficient (Wildman–Crippen LogP) is -0.421. The van der Waals surface area contributed by atoms with Crippen molar-refractivity contribution in [1.82, 2.24) is 10.6 Å². The summed E-state index contributed by atoms with van der Waals surface area (Å²) in [5.41, 5.74) is 9.99. The molecule has 112 valence electrons. The van der Waals surface area contributed by atoms with Gasteiger partial charge in [0.1, 0.15) is 0 Å². The topological polar surface area (TPSA) is 110 Å². The molecule has 0 bridgehead atoms. The summed E-state index contributed by atoms with van der Waals surface area (Å²) in [5.74, 6) is -0.641. The molecule has 0 aliphatic carbocycles. The fourth-order valence-electron chi connectivity index (χ4n) is 1.52. The largest absolute Gasteiger partial charge is 0.356 e. The minimum Gasteiger partial charge on any atom is -0.356 e. The maximum Gasteiger partial charge on any atom is 0.226 e. The van der Waals surface area contributed by atoms with E-state index in [9.17, 15) is 9.59 Å². The Kier molecular flexibility index (Phi) is 8.34. The van der Waals surface area contributed by atoms with Crippen LogP contribution >= 0.6 is 0 Å². The van der Waals surface area contributed by atoms with E-state index in [-0.39, 0.29) is 11.8 Å². The van der Waals surface area contributed by atoms with Crippen molar-refractivity contribution in [3.8, 4) is 0 Å². The zero-order valence-electron chi connectivity index (χ0n) is 12.3. The number of amides is 2. The molecule has 0 saturated carbocycles. The van der Waals surface area contributed by atoms with Gasteiger partial charge in [0.05, 0.1) is 5.41 Å². The monoisotopic (exact) mass is 272 g/mol. The van der Waals surface area contributed by atoms with Crippen LogP contribution in [0.1, 0.15) is 33.6 Å². The number of rotatable bonds is 9. The first-order valence-corrected chi connectivity index (χ1v) is 6.84. The van der Waals surface area contributed by atoms with Gasteiger partial charge in [0, 0.05) is 19.0 Å². The van der Waals surface area contributed by atoms with Gasteiger partial charge in [-0.3, -0.25) is 9.59 Å². The molecule has 0 saturated heterocycles. The van der Waals surface area contributed by atoms with Crippen molar-refractivity contribution < 1.29 is 9.59 Å². The third-order valence-corrected chi connectivity index (χ3v) is 3.41. The lowest BCUT2D eigenvalue weighted by Crippen LogP contribution is -2.47. The molecule has 0 heterocycles. The SMILES string of the molecule is CC(C(=O)NCCCN)C(C)(C)C(=O)NCCCN. The highest BCUT2D eigenvalue weighted by atomic mass is 16.2. The number of hydrogen-bond donors (Lipinski definition) is 4. The Hall–Kier alpha value is -1.14. The molecule has 6 heteroatoms. The summed E-state index contributed by atoms with van der Waals surface area (Å²) in [6.45, 7) is 7.48. The van der Waals surface area contributed by atoms with Gasteiger partial charge in [0.25, 0.3) is 0 Å². The number of nitrogens with one attached hydrogen (secondary N) is 2. The van der Waals surface area contributed by atoms with Crippen LogP contribution in [0.25, 0.3) is 0 Å². The Morgan fingerprint density at radius 2 is 1.53 bits per heavy atom. The standard InChI is InChI=1S/C13H28N4O2/c1-10(11(18)16-8-4-6-14)13(2,3)12(19)17-9-5-7-15/h10H,4-9,14-15H2,1-3H3,(H,16,18)(H,17,19). The van der Waals surface area contributed by atoms with Gasteiger partial charge in [-0.15, -0.1) is 0 Å². The molecule has 0 aliphatic rings. The molecule has 1 unspecified atom stereocenters. The van der Waals surface area contributed by atoms with E-state index in [2.05, 4.69) is 10.6 Å². The Morgan fingerprint density at radius 3 is 2.00 bits per heavy atom. The van der Waals surface area contributed by atoms with Gasteiger partial charge in [-0.1, -0.05) is 20.8 Å². The summed E-state index contributed by atoms with van der Waals surface area (Å²) in [5, 5.41) is 5.60. The molecule has 0 rings (SSSR count). The molecule has 6 N–H and O–H groups in total. The van der Waals surface area contributed by atoms with Gasteiger partial charge in [-0.2, -0.15) is 0 Å². The second-order valence-corrected chi connectivity index (χ2v) is 5.27. The second-order valence-electron chi connectivity index (χ2n) is 5.27. The second kappa shape index (κ2) is 8.87. The van der Waals surface area contributed by atoms with E-state index in [4.69, 9.17) is 11.5 Å². The summed E-state index contributed by atoms with van der Waals surface area (Å²) < 4.78 is 0. The van der Waals surface area contributed by atoms with Crippen molar-refractivity contribution in [3.63, 3.8) is 0 Å². The molecule has 0 aromatic carbocycles. The van der Waals surface area contributed by atoms with Crippen LogP contribution in [0.15, 0.2) is 0 Å². The van der Waals surface area contributed by atoms with Crippen molar-refractivity contribution in [1.29, 1.82) is 0 Å². The highest BCUT2D eigenvalue weighted by molar-refractivity contribution is 5.89. The molecule has 6 nitrogen and oxygen atoms in total. The average molecular weight is 272 g/mol. The van der Waals surface area contributed by atoms with E-state index in [1.807, 2.05) is 0 Å². The number of carbonyl (C=O) groups is 2. The lowest BCUT2D eigenvalue weighted by molar-refractivity contribution is -0.139. The zero-order chi connectivity index (χ0) is 14.9. The van der Waals surface area contributed by atoms with E-state index in [1.165, 1.54) is 0 Å². The van der Waals surface area contributed by atoms with Crippen LogP contribution in [-0.4, -0.2) is 38.0 Å². The minimum atomic E-state index is -0.749. The van der Waals surface area contributed by atoms with E-state index in [0.29, 0.717) is 26.2 Å². The smallest absolute Gasteiger partial charge is 0.226 e. The quantitative estimate of drug-likeness (QED) is 0.427. The Bertz CT molecular complexity index is 292. The summed E-state index contributed by atoms with van der Waals surface area (Å²) in [6, 6.07) is 0. The molecule has 19 heavy (non-hydrogen) atoms. The average Bonchev–Trinajstić information content (AvgIpc) is 2.38. The normalized spacial score (nSPS) is 12.9. The minimum absolute atomic E-state index is 0.118. The first kappa shape index (κ1) is 17.9. The highest BCUT2D eigenvalue weighted by Crippen LogP contribution is 2.26. The van der Waals surface area contributed by atoms with Crippen molar-refractivity contribution in [2.24, 2.45) is 22.8 Å². The zero-order valence-corrected chi connectivity index (χ0v) is 12.3. The van der Waals surface area contributed by atoms with Gasteiger partial charge in [-0.25, -0.2) is 0 Å².